The fraction of sp³-hybridized carbons (Fsp3) is 0.333. The van der Waals surface area contributed by atoms with Crippen LogP contribution in [0.1, 0.15) is 20.3 Å². The third-order valence-corrected chi connectivity index (χ3v) is 6.45. The minimum absolute atomic E-state index is 0.00371. The van der Waals surface area contributed by atoms with Crippen molar-refractivity contribution in [3.8, 4) is 17.2 Å². The summed E-state index contributed by atoms with van der Waals surface area (Å²) >= 11 is 0. The minimum Gasteiger partial charge on any atom is -0.490 e. The zero-order valence-electron chi connectivity index (χ0n) is 18.1. The third-order valence-electron chi connectivity index (χ3n) is 5.01. The molecule has 0 spiro atoms. The second kappa shape index (κ2) is 9.55. The van der Waals surface area contributed by atoms with Gasteiger partial charge in [-0.2, -0.15) is 4.72 Å². The van der Waals surface area contributed by atoms with Crippen LogP contribution in [0.2, 0.25) is 0 Å². The first kappa shape index (κ1) is 22.7. The Hall–Kier alpha value is -3.51. The van der Waals surface area contributed by atoms with Gasteiger partial charge in [0.2, 0.25) is 15.9 Å². The number of rotatable bonds is 7. The van der Waals surface area contributed by atoms with Gasteiger partial charge in [-0.25, -0.2) is 13.1 Å². The first-order valence-electron chi connectivity index (χ1n) is 10.4. The number of tetrazole rings is 1. The Morgan fingerprint density at radius 2 is 1.79 bits per heavy atom. The monoisotopic (exact) mass is 472 g/mol. The maximum absolute atomic E-state index is 13.0. The Kier molecular flexibility index (Phi) is 6.56. The van der Waals surface area contributed by atoms with Gasteiger partial charge in [0.15, 0.2) is 11.5 Å². The van der Waals surface area contributed by atoms with Gasteiger partial charge < -0.3 is 14.8 Å². The molecule has 3 aromatic rings. The van der Waals surface area contributed by atoms with Crippen molar-refractivity contribution in [3.05, 3.63) is 48.8 Å². The molecular weight excluding hydrogens is 448 g/mol. The Morgan fingerprint density at radius 3 is 2.45 bits per heavy atom. The molecule has 12 heteroatoms. The molecule has 11 nitrogen and oxygen atoms in total. The summed E-state index contributed by atoms with van der Waals surface area (Å²) in [6.07, 6.45) is 2.16. The minimum atomic E-state index is -4.00. The number of carbonyl (C=O) groups excluding carboxylic acids is 1. The van der Waals surface area contributed by atoms with Crippen LogP contribution in [0.15, 0.2) is 53.7 Å². The van der Waals surface area contributed by atoms with E-state index in [0.717, 1.165) is 0 Å². The van der Waals surface area contributed by atoms with E-state index in [4.69, 9.17) is 9.47 Å². The van der Waals surface area contributed by atoms with Gasteiger partial charge in [0.05, 0.1) is 23.8 Å². The zero-order chi connectivity index (χ0) is 23.4. The summed E-state index contributed by atoms with van der Waals surface area (Å²) in [5.41, 5.74) is 1.23. The molecule has 0 radical (unpaired) electrons. The lowest BCUT2D eigenvalue weighted by atomic mass is 10.0. The van der Waals surface area contributed by atoms with E-state index in [0.29, 0.717) is 42.5 Å². The van der Waals surface area contributed by atoms with Crippen LogP contribution in [0, 0.1) is 5.92 Å². The molecule has 1 aliphatic heterocycles. The first-order chi connectivity index (χ1) is 15.8. The van der Waals surface area contributed by atoms with E-state index in [-0.39, 0.29) is 10.8 Å². The largest absolute Gasteiger partial charge is 0.490 e. The maximum Gasteiger partial charge on any atom is 0.242 e. The molecule has 1 aromatic heterocycles. The number of amides is 1. The Bertz CT molecular complexity index is 1210. The Balaban J connectivity index is 1.48. The normalized spacial score (nSPS) is 14.5. The highest BCUT2D eigenvalue weighted by molar-refractivity contribution is 7.89. The van der Waals surface area contributed by atoms with E-state index in [9.17, 15) is 13.2 Å². The van der Waals surface area contributed by atoms with Crippen LogP contribution in [0.4, 0.5) is 5.69 Å². The Morgan fingerprint density at radius 1 is 1.06 bits per heavy atom. The van der Waals surface area contributed by atoms with Crippen LogP contribution >= 0.6 is 0 Å². The first-order valence-corrected chi connectivity index (χ1v) is 11.9. The number of anilines is 1. The van der Waals surface area contributed by atoms with Crippen molar-refractivity contribution < 1.29 is 22.7 Å². The molecule has 1 atom stereocenters. The number of hydrogen-bond acceptors (Lipinski definition) is 8. The van der Waals surface area contributed by atoms with Gasteiger partial charge in [0.1, 0.15) is 12.4 Å². The van der Waals surface area contributed by atoms with E-state index < -0.39 is 22.0 Å². The van der Waals surface area contributed by atoms with E-state index in [1.54, 1.807) is 44.2 Å². The van der Waals surface area contributed by atoms with Crippen molar-refractivity contribution in [2.45, 2.75) is 31.2 Å². The molecule has 0 fully saturated rings. The SMILES string of the molecule is CC(C)C(NS(=O)(=O)c1ccc2c(c1)OCCCO2)C(=O)Nc1ccc(-n2cnnn2)cc1. The van der Waals surface area contributed by atoms with Crippen LogP contribution in [-0.4, -0.2) is 53.8 Å². The number of hydrogen-bond donors (Lipinski definition) is 2. The molecule has 0 aliphatic carbocycles. The standard InChI is InChI=1S/C21H24N6O5S/c1-14(2)20(21(28)23-15-4-6-16(7-5-15)27-13-22-25-26-27)24-33(29,30)17-8-9-18-19(12-17)32-11-3-10-31-18/h4-9,12-14,20,24H,3,10-11H2,1-2H3,(H,23,28). The van der Waals surface area contributed by atoms with Gasteiger partial charge in [-0.05, 0) is 52.7 Å². The number of nitrogens with one attached hydrogen (secondary N) is 2. The lowest BCUT2D eigenvalue weighted by molar-refractivity contribution is -0.118. The molecule has 0 saturated carbocycles. The molecule has 2 heterocycles. The van der Waals surface area contributed by atoms with Crippen molar-refractivity contribution >= 4 is 21.6 Å². The Labute approximate surface area is 191 Å². The van der Waals surface area contributed by atoms with Crippen molar-refractivity contribution in [3.63, 3.8) is 0 Å². The van der Waals surface area contributed by atoms with Crippen molar-refractivity contribution in [1.82, 2.24) is 24.9 Å². The molecular formula is C21H24N6O5S. The number of sulfonamides is 1. The maximum atomic E-state index is 13.0. The molecule has 2 N–H and O–H groups in total. The number of benzene rings is 2. The van der Waals surface area contributed by atoms with Gasteiger partial charge in [-0.1, -0.05) is 13.8 Å². The molecule has 0 bridgehead atoms. The molecule has 2 aromatic carbocycles. The van der Waals surface area contributed by atoms with Gasteiger partial charge in [0.25, 0.3) is 0 Å². The number of nitrogens with zero attached hydrogens (tertiary/aromatic N) is 4. The fourth-order valence-electron chi connectivity index (χ4n) is 3.24. The van der Waals surface area contributed by atoms with E-state index in [1.165, 1.54) is 23.1 Å². The fourth-order valence-corrected chi connectivity index (χ4v) is 4.59. The molecule has 4 rings (SSSR count). The topological polar surface area (TPSA) is 137 Å². The van der Waals surface area contributed by atoms with Crippen molar-refractivity contribution in [2.75, 3.05) is 18.5 Å². The summed E-state index contributed by atoms with van der Waals surface area (Å²) < 4.78 is 41.2. The predicted molar refractivity (Wildman–Crippen MR) is 119 cm³/mol. The van der Waals surface area contributed by atoms with Crippen molar-refractivity contribution in [1.29, 1.82) is 0 Å². The second-order valence-corrected chi connectivity index (χ2v) is 9.51. The third kappa shape index (κ3) is 5.29. The molecule has 174 valence electrons. The summed E-state index contributed by atoms with van der Waals surface area (Å²) in [4.78, 5) is 12.9. The number of carbonyl (C=O) groups is 1. The lowest BCUT2D eigenvalue weighted by Gasteiger charge is -2.22. The molecule has 33 heavy (non-hydrogen) atoms. The van der Waals surface area contributed by atoms with Crippen molar-refractivity contribution in [2.24, 2.45) is 5.92 Å². The van der Waals surface area contributed by atoms with E-state index >= 15 is 0 Å². The number of aromatic nitrogens is 4. The van der Waals surface area contributed by atoms with Gasteiger partial charge in [-0.15, -0.1) is 5.10 Å². The average Bonchev–Trinajstić information content (AvgIpc) is 3.23. The van der Waals surface area contributed by atoms with Crippen LogP contribution in [-0.2, 0) is 14.8 Å². The molecule has 1 amide bonds. The van der Waals surface area contributed by atoms with Crippen LogP contribution in [0.3, 0.4) is 0 Å². The summed E-state index contributed by atoms with van der Waals surface area (Å²) in [5, 5.41) is 13.7. The molecule has 1 unspecified atom stereocenters. The summed E-state index contributed by atoms with van der Waals surface area (Å²) in [5.74, 6) is 0.0806. The van der Waals surface area contributed by atoms with Crippen LogP contribution < -0.4 is 19.5 Å². The summed E-state index contributed by atoms with van der Waals surface area (Å²) in [7, 11) is -4.00. The van der Waals surface area contributed by atoms with Crippen LogP contribution in [0.25, 0.3) is 5.69 Å². The number of fused-ring (bicyclic) bond motifs is 1. The highest BCUT2D eigenvalue weighted by atomic mass is 32.2. The van der Waals surface area contributed by atoms with Gasteiger partial charge in [-0.3, -0.25) is 4.79 Å². The summed E-state index contributed by atoms with van der Waals surface area (Å²) in [6.45, 7) is 4.47. The summed E-state index contributed by atoms with van der Waals surface area (Å²) in [6, 6.07) is 10.3. The highest BCUT2D eigenvalue weighted by Gasteiger charge is 2.29. The highest BCUT2D eigenvalue weighted by Crippen LogP contribution is 2.32. The average molecular weight is 473 g/mol. The smallest absolute Gasteiger partial charge is 0.242 e. The zero-order valence-corrected chi connectivity index (χ0v) is 18.9. The van der Waals surface area contributed by atoms with Gasteiger partial charge in [0, 0.05) is 18.2 Å². The lowest BCUT2D eigenvalue weighted by Crippen LogP contribution is -2.47. The molecule has 0 saturated heterocycles. The number of ether oxygens (including phenoxy) is 2. The second-order valence-electron chi connectivity index (χ2n) is 7.79. The molecule has 1 aliphatic rings. The quantitative estimate of drug-likeness (QED) is 0.531. The van der Waals surface area contributed by atoms with Crippen LogP contribution in [0.5, 0.6) is 11.5 Å². The van der Waals surface area contributed by atoms with Gasteiger partial charge >= 0.3 is 0 Å². The van der Waals surface area contributed by atoms with E-state index in [2.05, 4.69) is 25.6 Å². The predicted octanol–water partition coefficient (Wildman–Crippen LogP) is 1.77. The van der Waals surface area contributed by atoms with E-state index in [1.807, 2.05) is 0 Å².